The van der Waals surface area contributed by atoms with E-state index in [1.165, 1.54) is 24.3 Å². The number of benzene rings is 1. The van der Waals surface area contributed by atoms with Crippen molar-refractivity contribution in [3.05, 3.63) is 24.3 Å². The molecule has 20 heavy (non-hydrogen) atoms. The summed E-state index contributed by atoms with van der Waals surface area (Å²) in [5.41, 5.74) is 0.349. The molecule has 0 bridgehead atoms. The van der Waals surface area contributed by atoms with Gasteiger partial charge in [0.1, 0.15) is 0 Å². The summed E-state index contributed by atoms with van der Waals surface area (Å²) in [6.45, 7) is 5.22. The number of rotatable bonds is 7. The minimum absolute atomic E-state index is 0.0297. The molecule has 114 valence electrons. The van der Waals surface area contributed by atoms with Gasteiger partial charge >= 0.3 is 0 Å². The average molecular weight is 320 g/mol. The second-order valence-electron chi connectivity index (χ2n) is 4.72. The molecule has 0 atom stereocenters. The Balaban J connectivity index is 2.90. The molecule has 0 aromatic heterocycles. The van der Waals surface area contributed by atoms with Crippen LogP contribution in [0.5, 0.6) is 0 Å². The smallest absolute Gasteiger partial charge is 0.240 e. The Hall–Kier alpha value is -1.12. The molecular formula is C12H20N2O4S2. The van der Waals surface area contributed by atoms with E-state index in [0.717, 1.165) is 0 Å². The Kier molecular flexibility index (Phi) is 5.55. The van der Waals surface area contributed by atoms with Gasteiger partial charge in [-0.2, -0.15) is 0 Å². The zero-order chi connectivity index (χ0) is 15.4. The molecule has 0 radical (unpaired) electrons. The molecule has 0 saturated carbocycles. The van der Waals surface area contributed by atoms with Crippen molar-refractivity contribution < 1.29 is 16.8 Å². The highest BCUT2D eigenvalue weighted by Crippen LogP contribution is 2.15. The van der Waals surface area contributed by atoms with E-state index in [1.807, 2.05) is 0 Å². The summed E-state index contributed by atoms with van der Waals surface area (Å²) in [5, 5.41) is 0. The zero-order valence-corrected chi connectivity index (χ0v) is 13.4. The molecule has 1 rings (SSSR count). The summed E-state index contributed by atoms with van der Waals surface area (Å²) in [7, 11) is -6.92. The molecule has 0 saturated heterocycles. The van der Waals surface area contributed by atoms with E-state index < -0.39 is 20.0 Å². The highest BCUT2D eigenvalue weighted by molar-refractivity contribution is 7.92. The standard InChI is InChI=1S/C12H20N2O4S2/c1-4-9-19(15,16)14-11-5-7-12(8-6-11)20(17,18)13-10(2)3/h5-8,10,13-14H,4,9H2,1-3H3. The Bertz CT molecular complexity index is 635. The van der Waals surface area contributed by atoms with Gasteiger partial charge in [-0.05, 0) is 44.5 Å². The molecule has 8 heteroatoms. The lowest BCUT2D eigenvalue weighted by molar-refractivity contribution is 0.570. The van der Waals surface area contributed by atoms with Crippen molar-refractivity contribution in [1.29, 1.82) is 0 Å². The molecule has 0 aliphatic rings. The molecule has 0 fully saturated rings. The fraction of sp³-hybridized carbons (Fsp3) is 0.500. The fourth-order valence-electron chi connectivity index (χ4n) is 1.58. The van der Waals surface area contributed by atoms with Crippen LogP contribution in [0.3, 0.4) is 0 Å². The van der Waals surface area contributed by atoms with Gasteiger partial charge in [0.25, 0.3) is 0 Å². The molecule has 0 unspecified atom stereocenters. The molecule has 1 aromatic rings. The predicted octanol–water partition coefficient (Wildman–Crippen LogP) is 1.52. The number of hydrogen-bond donors (Lipinski definition) is 2. The third-order valence-electron chi connectivity index (χ3n) is 2.30. The van der Waals surface area contributed by atoms with Crippen molar-refractivity contribution in [2.24, 2.45) is 0 Å². The molecule has 0 spiro atoms. The first-order valence-corrected chi connectivity index (χ1v) is 9.42. The van der Waals surface area contributed by atoms with Crippen molar-refractivity contribution >= 4 is 25.7 Å². The van der Waals surface area contributed by atoms with Gasteiger partial charge < -0.3 is 0 Å². The van der Waals surface area contributed by atoms with Gasteiger partial charge in [-0.3, -0.25) is 4.72 Å². The van der Waals surface area contributed by atoms with Crippen molar-refractivity contribution in [2.75, 3.05) is 10.5 Å². The first-order chi connectivity index (χ1) is 9.16. The minimum atomic E-state index is -3.56. The molecule has 2 N–H and O–H groups in total. The third kappa shape index (κ3) is 5.10. The first kappa shape index (κ1) is 16.9. The third-order valence-corrected chi connectivity index (χ3v) is 5.47. The van der Waals surface area contributed by atoms with Gasteiger partial charge in [-0.15, -0.1) is 0 Å². The van der Waals surface area contributed by atoms with Crippen LogP contribution in [-0.4, -0.2) is 28.6 Å². The monoisotopic (exact) mass is 320 g/mol. The summed E-state index contributed by atoms with van der Waals surface area (Å²) >= 11 is 0. The summed E-state index contributed by atoms with van der Waals surface area (Å²) in [6.07, 6.45) is 0.514. The lowest BCUT2D eigenvalue weighted by Crippen LogP contribution is -2.30. The predicted molar refractivity (Wildman–Crippen MR) is 79.6 cm³/mol. The van der Waals surface area contributed by atoms with Gasteiger partial charge in [0.05, 0.1) is 10.6 Å². The van der Waals surface area contributed by atoms with Crippen LogP contribution in [0.25, 0.3) is 0 Å². The summed E-state index contributed by atoms with van der Waals surface area (Å²) in [4.78, 5) is 0.102. The molecule has 0 aliphatic heterocycles. The van der Waals surface area contributed by atoms with Crippen molar-refractivity contribution in [3.8, 4) is 0 Å². The highest BCUT2D eigenvalue weighted by atomic mass is 32.2. The van der Waals surface area contributed by atoms with Gasteiger partial charge in [0.2, 0.25) is 20.0 Å². The van der Waals surface area contributed by atoms with Gasteiger partial charge in [0, 0.05) is 11.7 Å². The summed E-state index contributed by atoms with van der Waals surface area (Å²) < 4.78 is 51.8. The molecule has 6 nitrogen and oxygen atoms in total. The second kappa shape index (κ2) is 6.55. The van der Waals surface area contributed by atoms with E-state index in [1.54, 1.807) is 20.8 Å². The van der Waals surface area contributed by atoms with E-state index in [0.29, 0.717) is 12.1 Å². The first-order valence-electron chi connectivity index (χ1n) is 6.29. The Labute approximate surface area is 120 Å². The van der Waals surface area contributed by atoms with Crippen molar-refractivity contribution in [1.82, 2.24) is 4.72 Å². The molecular weight excluding hydrogens is 300 g/mol. The zero-order valence-electron chi connectivity index (χ0n) is 11.8. The topological polar surface area (TPSA) is 92.3 Å². The van der Waals surface area contributed by atoms with Gasteiger partial charge in [-0.25, -0.2) is 21.6 Å². The van der Waals surface area contributed by atoms with Crippen LogP contribution in [0.15, 0.2) is 29.2 Å². The maximum atomic E-state index is 11.9. The Morgan fingerprint density at radius 2 is 1.60 bits per heavy atom. The fourth-order valence-corrected chi connectivity index (χ4v) is 3.97. The van der Waals surface area contributed by atoms with Crippen LogP contribution in [-0.2, 0) is 20.0 Å². The maximum absolute atomic E-state index is 11.9. The number of anilines is 1. The van der Waals surface area contributed by atoms with Crippen LogP contribution in [0.2, 0.25) is 0 Å². The van der Waals surface area contributed by atoms with Crippen LogP contribution < -0.4 is 9.44 Å². The van der Waals surface area contributed by atoms with Crippen molar-refractivity contribution in [3.63, 3.8) is 0 Å². The number of sulfonamides is 2. The summed E-state index contributed by atoms with van der Waals surface area (Å²) in [6, 6.07) is 5.40. The summed E-state index contributed by atoms with van der Waals surface area (Å²) in [5.74, 6) is 0.0297. The van der Waals surface area contributed by atoms with E-state index >= 15 is 0 Å². The van der Waals surface area contributed by atoms with E-state index in [2.05, 4.69) is 9.44 Å². The van der Waals surface area contributed by atoms with Gasteiger partial charge in [0.15, 0.2) is 0 Å². The van der Waals surface area contributed by atoms with Crippen LogP contribution in [0.1, 0.15) is 27.2 Å². The quantitative estimate of drug-likeness (QED) is 0.797. The lowest BCUT2D eigenvalue weighted by Gasteiger charge is -2.11. The van der Waals surface area contributed by atoms with Crippen LogP contribution in [0, 0.1) is 0 Å². The Morgan fingerprint density at radius 1 is 1.05 bits per heavy atom. The van der Waals surface area contributed by atoms with E-state index in [4.69, 9.17) is 0 Å². The number of nitrogens with one attached hydrogen (secondary N) is 2. The molecule has 0 aliphatic carbocycles. The van der Waals surface area contributed by atoms with E-state index in [9.17, 15) is 16.8 Å². The van der Waals surface area contributed by atoms with Gasteiger partial charge in [-0.1, -0.05) is 6.92 Å². The minimum Gasteiger partial charge on any atom is -0.284 e. The normalized spacial score (nSPS) is 12.6. The van der Waals surface area contributed by atoms with Crippen LogP contribution in [0.4, 0.5) is 5.69 Å². The molecule has 0 heterocycles. The molecule has 1 aromatic carbocycles. The van der Waals surface area contributed by atoms with E-state index in [-0.39, 0.29) is 16.7 Å². The van der Waals surface area contributed by atoms with Crippen LogP contribution >= 0.6 is 0 Å². The lowest BCUT2D eigenvalue weighted by atomic mass is 10.3. The number of hydrogen-bond acceptors (Lipinski definition) is 4. The second-order valence-corrected chi connectivity index (χ2v) is 8.28. The largest absolute Gasteiger partial charge is 0.284 e. The molecule has 0 amide bonds. The Morgan fingerprint density at radius 3 is 2.05 bits per heavy atom. The highest BCUT2D eigenvalue weighted by Gasteiger charge is 2.15. The maximum Gasteiger partial charge on any atom is 0.240 e. The SMILES string of the molecule is CCCS(=O)(=O)Nc1ccc(S(=O)(=O)NC(C)C)cc1. The average Bonchev–Trinajstić information content (AvgIpc) is 2.27. The van der Waals surface area contributed by atoms with Crippen molar-refractivity contribution in [2.45, 2.75) is 38.1 Å².